The first-order chi connectivity index (χ1) is 56.1. The topological polar surface area (TPSA) is 542 Å². The van der Waals surface area contributed by atoms with Gasteiger partial charge in [0.2, 0.25) is 75.1 Å². The van der Waals surface area contributed by atoms with E-state index in [1.807, 2.05) is 13.8 Å². The molecule has 14 atom stereocenters. The van der Waals surface area contributed by atoms with Gasteiger partial charge in [-0.15, -0.1) is 0 Å². The third-order valence-corrected chi connectivity index (χ3v) is 25.8. The van der Waals surface area contributed by atoms with Crippen molar-refractivity contribution in [1.82, 2.24) is 52.6 Å². The number of carbonyl (C=O) groups is 8. The number of likely N-dealkylation sites (N-methyl/N-ethyl adjacent to an activating group) is 1. The number of nitrogens with two attached hydrogens (primary N) is 2. The molecule has 6 aliphatic heterocycles. The average molecular weight is 1680 g/mol. The first kappa shape index (κ1) is 86.7. The Balaban J connectivity index is 0.984. The molecule has 5 fully saturated rings. The quantitative estimate of drug-likeness (QED) is 0.0293. The molecule has 8 amide bonds. The SMILES string of the molecule is CCCCCCCCS(=O)(=O)NCCNCc1c(O)cc2c3c1C(O)(O)c1ccc(cc1-3)[C@H]1NC(=O)[C@@H]3NC(=O)[C@H](CC(N)=O)NC(=O)[C@H](NC(=O)[C@@H](CC(C)C)NC)[C@H](O)c4ccc(c(C)c4)Oc4cc3cc(c4O[C@@H]3O[C@H](CN)[C@@H](O)[C@H](O)[C@H]3O)Oc3ccc(cc3Cl)[C@@H](O)[C@H](NC1=O)C(=O)N[C@@H]2C(=O)NC1C2CC3CC(C2)CC1C3. The summed E-state index contributed by atoms with van der Waals surface area (Å²) in [5.74, 6) is -14.3. The summed E-state index contributed by atoms with van der Waals surface area (Å²) in [7, 11) is -2.23. The van der Waals surface area contributed by atoms with Crippen LogP contribution in [0.2, 0.25) is 5.02 Å². The maximum Gasteiger partial charge on any atom is 0.248 e. The van der Waals surface area contributed by atoms with Gasteiger partial charge in [0.1, 0.15) is 90.1 Å². The molecule has 5 aromatic carbocycles. The highest BCUT2D eigenvalue weighted by atomic mass is 35.5. The van der Waals surface area contributed by atoms with Gasteiger partial charge in [-0.25, -0.2) is 13.1 Å². The van der Waals surface area contributed by atoms with E-state index in [1.54, 1.807) is 0 Å². The van der Waals surface area contributed by atoms with Crippen LogP contribution in [0.1, 0.15) is 185 Å². The molecule has 0 aromatic heterocycles. The lowest BCUT2D eigenvalue weighted by Crippen LogP contribution is -2.60. The van der Waals surface area contributed by atoms with Crippen molar-refractivity contribution in [3.8, 4) is 45.6 Å². The normalized spacial score (nSPS) is 28.5. The van der Waals surface area contributed by atoms with E-state index in [9.17, 15) is 58.9 Å². The molecule has 5 aliphatic carbocycles. The zero-order valence-corrected chi connectivity index (χ0v) is 67.5. The Morgan fingerprint density at radius 1 is 0.695 bits per heavy atom. The lowest BCUT2D eigenvalue weighted by Gasteiger charge is -2.54. The second-order valence-electron chi connectivity index (χ2n) is 32.8. The van der Waals surface area contributed by atoms with Crippen LogP contribution in [0.5, 0.6) is 34.5 Å². The number of carbonyl (C=O) groups excluding carboxylic acids is 8. The van der Waals surface area contributed by atoms with Crippen LogP contribution >= 0.6 is 11.6 Å². The zero-order chi connectivity index (χ0) is 84.7. The summed E-state index contributed by atoms with van der Waals surface area (Å²) < 4.78 is 54.8. The number of ether oxygens (including phenoxy) is 4. The molecule has 5 aromatic rings. The summed E-state index contributed by atoms with van der Waals surface area (Å²) in [6, 6.07) is 0.808. The largest absolute Gasteiger partial charge is 0.508 e. The van der Waals surface area contributed by atoms with Crippen LogP contribution in [-0.4, -0.2) is 190 Å². The first-order valence-electron chi connectivity index (χ1n) is 40.3. The number of halogens is 1. The molecule has 22 N–H and O–H groups in total. The van der Waals surface area contributed by atoms with Gasteiger partial charge in [-0.1, -0.05) is 88.7 Å². The van der Waals surface area contributed by atoms with E-state index in [-0.39, 0.29) is 122 Å². The Kier molecular flexibility index (Phi) is 26.5. The van der Waals surface area contributed by atoms with Gasteiger partial charge in [-0.2, -0.15) is 0 Å². The van der Waals surface area contributed by atoms with Crippen LogP contribution < -0.4 is 78.3 Å². The highest BCUT2D eigenvalue weighted by molar-refractivity contribution is 7.89. The standard InChI is InChI=1S/C82H105ClN12O22S/c1-6-7-8-9-10-11-20-118(112,113)88-19-18-87-35-48-53(96)32-47-60-46-28-40(12-15-49(46)82(110,111)61(48)60)63-76(105)95-67(80(109)93-65(47)78(107)90-62-43-24-38-23-39(26-43)27-44(62)25-38)69(99)42-14-17-55(50(83)29-42)115-57-31-45-30-56(73(57)117-81-72(102)71(101)70(100)58(34-84)116-81)114-54-16-13-41(22-37(54)4)68(98)66(94-74(103)51(86-5)21-36(2)3)79(108)89-52(33-59(85)97)75(104)91-64(45)77(106)92-63/h12-17,22,28-32,36,38-39,43-44,51-52,58,62-72,81,86-88,96,98-102,110-111H,6-11,18-21,23-27,33-35,84H2,1-5H3,(H2,85,97)(H,89,108)(H,90,107)(H,91,104)(H,92,106)(H,93,109)(H,94,103)(H,95,105)/t38?,39?,43?,44?,51-,52+,58-,62?,63-,64-,65+,66-,67+,68-,69-,70-,71+,72-,81+/m1/s1. The Morgan fingerprint density at radius 3 is 1.98 bits per heavy atom. The van der Waals surface area contributed by atoms with Crippen molar-refractivity contribution in [2.45, 2.75) is 215 Å². The molecule has 1 saturated heterocycles. The fourth-order valence-electron chi connectivity index (χ4n) is 18.1. The molecular formula is C82H105ClN12O22S. The fourth-order valence-corrected chi connectivity index (χ4v) is 19.5. The predicted octanol–water partition coefficient (Wildman–Crippen LogP) is 1.80. The van der Waals surface area contributed by atoms with Crippen LogP contribution in [0.4, 0.5) is 0 Å². The number of hydrogen-bond acceptors (Lipinski definition) is 25. The van der Waals surface area contributed by atoms with E-state index in [4.69, 9.17) is 42.0 Å². The Bertz CT molecular complexity index is 4780. The zero-order valence-electron chi connectivity index (χ0n) is 65.9. The molecule has 6 heterocycles. The van der Waals surface area contributed by atoms with E-state index in [0.717, 1.165) is 82.4 Å². The summed E-state index contributed by atoms with van der Waals surface area (Å²) in [6.07, 6.45) is -4.63. The first-order valence-corrected chi connectivity index (χ1v) is 42.3. The van der Waals surface area contributed by atoms with E-state index < -0.39 is 196 Å². The van der Waals surface area contributed by atoms with Crippen molar-refractivity contribution in [3.63, 3.8) is 0 Å². The van der Waals surface area contributed by atoms with Crippen molar-refractivity contribution in [1.29, 1.82) is 0 Å². The maximum absolute atomic E-state index is 16.4. The number of aliphatic hydroxyl groups is 7. The number of aromatic hydroxyl groups is 1. The van der Waals surface area contributed by atoms with Gasteiger partial charge in [0.25, 0.3) is 0 Å². The third-order valence-electron chi connectivity index (χ3n) is 24.0. The van der Waals surface area contributed by atoms with Crippen LogP contribution in [-0.2, 0) is 65.4 Å². The van der Waals surface area contributed by atoms with E-state index >= 15 is 28.8 Å². The van der Waals surface area contributed by atoms with Crippen LogP contribution in [0.3, 0.4) is 0 Å². The molecule has 0 spiro atoms. The van der Waals surface area contributed by atoms with Crippen LogP contribution in [0.15, 0.2) is 72.8 Å². The second kappa shape index (κ2) is 36.0. The molecule has 34 nitrogen and oxygen atoms in total. The molecule has 11 aliphatic rings. The lowest BCUT2D eigenvalue weighted by molar-refractivity contribution is -0.270. The van der Waals surface area contributed by atoms with Crippen molar-refractivity contribution >= 4 is 68.9 Å². The molecule has 4 saturated carbocycles. The highest BCUT2D eigenvalue weighted by Gasteiger charge is 2.53. The lowest BCUT2D eigenvalue weighted by atomic mass is 9.54. The molecule has 36 heteroatoms. The number of phenols is 1. The van der Waals surface area contributed by atoms with E-state index in [2.05, 4.69) is 59.5 Å². The fraction of sp³-hybridized carbons (Fsp3) is 0.537. The van der Waals surface area contributed by atoms with E-state index in [0.29, 0.717) is 18.3 Å². The van der Waals surface area contributed by atoms with Gasteiger partial charge in [0.05, 0.1) is 23.2 Å². The molecule has 0 radical (unpaired) electrons. The van der Waals surface area contributed by atoms with Crippen LogP contribution in [0, 0.1) is 36.5 Å². The van der Waals surface area contributed by atoms with Gasteiger partial charge in [-0.05, 0) is 182 Å². The summed E-state index contributed by atoms with van der Waals surface area (Å²) in [5.41, 5.74) is 9.84. The van der Waals surface area contributed by atoms with Crippen molar-refractivity contribution in [2.75, 3.05) is 32.4 Å². The number of amides is 8. The number of aliphatic hydroxyl groups excluding tert-OH is 5. The van der Waals surface area contributed by atoms with Gasteiger partial charge in [0, 0.05) is 48.9 Å². The number of primary amides is 1. The Labute approximate surface area is 686 Å². The van der Waals surface area contributed by atoms with Crippen LogP contribution in [0.25, 0.3) is 11.1 Å². The molecule has 16 rings (SSSR count). The third kappa shape index (κ3) is 18.3. The minimum Gasteiger partial charge on any atom is -0.508 e. The number of unbranched alkanes of at least 4 members (excludes halogenated alkanes) is 5. The number of sulfonamides is 1. The molecule has 118 heavy (non-hydrogen) atoms. The number of rotatable bonds is 25. The average Bonchev–Trinajstić information content (AvgIpc) is 1.54. The smallest absolute Gasteiger partial charge is 0.248 e. The number of benzene rings is 5. The van der Waals surface area contributed by atoms with Crippen molar-refractivity contribution < 1.29 is 107 Å². The van der Waals surface area contributed by atoms with Crippen molar-refractivity contribution in [2.24, 2.45) is 41.1 Å². The molecule has 638 valence electrons. The molecule has 0 unspecified atom stereocenters. The minimum absolute atomic E-state index is 0.00603. The maximum atomic E-state index is 16.4. The van der Waals surface area contributed by atoms with Gasteiger partial charge in [-0.3, -0.25) is 38.4 Å². The number of aryl methyl sites for hydroxylation is 1. The van der Waals surface area contributed by atoms with Gasteiger partial charge < -0.3 is 119 Å². The minimum atomic E-state index is -3.74. The number of fused-ring (bicyclic) bond motifs is 12. The molecule has 15 bridgehead atoms. The number of nitrogens with one attached hydrogen (secondary N) is 10. The molecular weight excluding hydrogens is 1570 g/mol. The van der Waals surface area contributed by atoms with E-state index in [1.165, 1.54) is 68.6 Å². The summed E-state index contributed by atoms with van der Waals surface area (Å²) >= 11 is 7.21. The summed E-state index contributed by atoms with van der Waals surface area (Å²) in [4.78, 5) is 122. The number of hydrogen-bond donors (Lipinski definition) is 20. The summed E-state index contributed by atoms with van der Waals surface area (Å²) in [6.45, 7) is 6.29. The second-order valence-corrected chi connectivity index (χ2v) is 35.2. The predicted molar refractivity (Wildman–Crippen MR) is 425 cm³/mol. The number of phenolic OH excluding ortho intramolecular Hbond substituents is 1. The van der Waals surface area contributed by atoms with Gasteiger partial charge in [0.15, 0.2) is 11.5 Å². The Morgan fingerprint density at radius 2 is 1.33 bits per heavy atom. The Hall–Kier alpha value is -9.18. The van der Waals surface area contributed by atoms with Gasteiger partial charge >= 0.3 is 0 Å². The monoisotopic (exact) mass is 1680 g/mol. The van der Waals surface area contributed by atoms with Crippen molar-refractivity contribution in [3.05, 3.63) is 128 Å². The highest BCUT2D eigenvalue weighted by Crippen LogP contribution is 2.56. The summed E-state index contributed by atoms with van der Waals surface area (Å²) in [5, 5.41) is 122.